The summed E-state index contributed by atoms with van der Waals surface area (Å²) in [7, 11) is 5.04. The number of aromatic amines is 1. The van der Waals surface area contributed by atoms with E-state index in [2.05, 4.69) is 20.2 Å². The number of nitrogens with zero attached hydrogens (tertiary/aromatic N) is 4. The van der Waals surface area contributed by atoms with Crippen molar-refractivity contribution in [3.8, 4) is 28.1 Å². The second-order valence-corrected chi connectivity index (χ2v) is 6.52. The molecule has 1 aromatic carbocycles. The van der Waals surface area contributed by atoms with Crippen molar-refractivity contribution >= 4 is 16.9 Å². The number of hydrogen-bond acceptors (Lipinski definition) is 5. The molecular weight excluding hydrogens is 354 g/mol. The first-order valence-corrected chi connectivity index (χ1v) is 8.74. The van der Waals surface area contributed by atoms with Gasteiger partial charge < -0.3 is 9.64 Å². The zero-order chi connectivity index (χ0) is 19.7. The van der Waals surface area contributed by atoms with Crippen molar-refractivity contribution < 1.29 is 9.53 Å². The molecular formula is C21H19N5O2. The number of fused-ring (bicyclic) bond motifs is 1. The van der Waals surface area contributed by atoms with Crippen molar-refractivity contribution in [1.29, 1.82) is 0 Å². The van der Waals surface area contributed by atoms with Gasteiger partial charge in [0.25, 0.3) is 5.91 Å². The van der Waals surface area contributed by atoms with Crippen molar-refractivity contribution in [2.75, 3.05) is 21.2 Å². The molecule has 0 unspecified atom stereocenters. The van der Waals surface area contributed by atoms with Crippen molar-refractivity contribution in [2.45, 2.75) is 0 Å². The van der Waals surface area contributed by atoms with Crippen LogP contribution < -0.4 is 4.74 Å². The second kappa shape index (κ2) is 7.11. The number of carbonyl (C=O) groups excluding carboxylic acids is 1. The topological polar surface area (TPSA) is 84.0 Å². The molecule has 28 heavy (non-hydrogen) atoms. The fraction of sp³-hybridized carbons (Fsp3) is 0.143. The Morgan fingerprint density at radius 1 is 1.04 bits per heavy atom. The van der Waals surface area contributed by atoms with E-state index < -0.39 is 0 Å². The van der Waals surface area contributed by atoms with E-state index in [0.717, 1.165) is 33.5 Å². The summed E-state index contributed by atoms with van der Waals surface area (Å²) in [4.78, 5) is 22.3. The Hall–Kier alpha value is -3.74. The number of para-hydroxylation sites is 1. The summed E-state index contributed by atoms with van der Waals surface area (Å²) < 4.78 is 5.47. The molecule has 0 saturated heterocycles. The van der Waals surface area contributed by atoms with Crippen LogP contribution in [0.3, 0.4) is 0 Å². The third kappa shape index (κ3) is 3.07. The summed E-state index contributed by atoms with van der Waals surface area (Å²) in [6.07, 6.45) is 3.44. The van der Waals surface area contributed by atoms with Crippen molar-refractivity contribution in [3.05, 3.63) is 60.6 Å². The van der Waals surface area contributed by atoms with E-state index in [0.29, 0.717) is 11.3 Å². The van der Waals surface area contributed by atoms with Crippen LogP contribution in [0.4, 0.5) is 0 Å². The van der Waals surface area contributed by atoms with Gasteiger partial charge in [-0.3, -0.25) is 14.9 Å². The molecule has 140 valence electrons. The van der Waals surface area contributed by atoms with Crippen LogP contribution in [0.15, 0.2) is 54.9 Å². The minimum atomic E-state index is -0.131. The lowest BCUT2D eigenvalue weighted by molar-refractivity contribution is 0.0822. The van der Waals surface area contributed by atoms with Gasteiger partial charge in [-0.15, -0.1) is 0 Å². The molecule has 0 aliphatic heterocycles. The van der Waals surface area contributed by atoms with Crippen LogP contribution in [-0.2, 0) is 0 Å². The number of hydrogen-bond donors (Lipinski definition) is 1. The monoisotopic (exact) mass is 373 g/mol. The quantitative estimate of drug-likeness (QED) is 0.593. The van der Waals surface area contributed by atoms with Crippen LogP contribution >= 0.6 is 0 Å². The highest BCUT2D eigenvalue weighted by molar-refractivity contribution is 5.95. The van der Waals surface area contributed by atoms with E-state index in [1.54, 1.807) is 39.7 Å². The number of pyridine rings is 2. The first-order chi connectivity index (χ1) is 13.6. The summed E-state index contributed by atoms with van der Waals surface area (Å²) in [5.74, 6) is 0.614. The zero-order valence-corrected chi connectivity index (χ0v) is 15.8. The predicted molar refractivity (Wildman–Crippen MR) is 107 cm³/mol. The number of carbonyl (C=O) groups is 1. The average Bonchev–Trinajstić information content (AvgIpc) is 3.16. The number of ether oxygens (including phenoxy) is 1. The van der Waals surface area contributed by atoms with Gasteiger partial charge in [0.2, 0.25) is 0 Å². The fourth-order valence-corrected chi connectivity index (χ4v) is 3.03. The fourth-order valence-electron chi connectivity index (χ4n) is 3.03. The SMILES string of the molecule is COc1ccccc1-c1n[nH]c2ncc(-c3ccc(C(=O)N(C)C)nc3)cc12. The van der Waals surface area contributed by atoms with Crippen molar-refractivity contribution in [1.82, 2.24) is 25.1 Å². The summed E-state index contributed by atoms with van der Waals surface area (Å²) in [6, 6.07) is 13.3. The highest BCUT2D eigenvalue weighted by atomic mass is 16.5. The lowest BCUT2D eigenvalue weighted by Crippen LogP contribution is -2.22. The van der Waals surface area contributed by atoms with Crippen LogP contribution in [0.5, 0.6) is 5.75 Å². The van der Waals surface area contributed by atoms with Gasteiger partial charge in [0.15, 0.2) is 5.65 Å². The maximum atomic E-state index is 12.0. The Kier molecular flexibility index (Phi) is 4.49. The van der Waals surface area contributed by atoms with Crippen LogP contribution in [0.1, 0.15) is 10.5 Å². The minimum absolute atomic E-state index is 0.131. The van der Waals surface area contributed by atoms with Gasteiger partial charge in [-0.1, -0.05) is 18.2 Å². The van der Waals surface area contributed by atoms with Gasteiger partial charge in [0.05, 0.1) is 7.11 Å². The third-order valence-electron chi connectivity index (χ3n) is 4.50. The van der Waals surface area contributed by atoms with Gasteiger partial charge in [0.1, 0.15) is 17.1 Å². The van der Waals surface area contributed by atoms with E-state index in [1.165, 1.54) is 4.90 Å². The zero-order valence-electron chi connectivity index (χ0n) is 15.8. The smallest absolute Gasteiger partial charge is 0.271 e. The molecule has 3 heterocycles. The standard InChI is InChI=1S/C21H19N5O2/c1-26(2)21(27)17-9-8-13(11-22-17)14-10-16-19(24-25-20(16)23-12-14)15-6-4-5-7-18(15)28-3/h4-12H,1-3H3,(H,23,24,25). The van der Waals surface area contributed by atoms with Gasteiger partial charge in [-0.25, -0.2) is 4.98 Å². The van der Waals surface area contributed by atoms with Gasteiger partial charge in [-0.05, 0) is 24.3 Å². The number of aromatic nitrogens is 4. The molecule has 0 aliphatic carbocycles. The molecule has 4 aromatic rings. The van der Waals surface area contributed by atoms with Crippen molar-refractivity contribution in [2.24, 2.45) is 0 Å². The molecule has 0 atom stereocenters. The van der Waals surface area contributed by atoms with Gasteiger partial charge in [-0.2, -0.15) is 5.10 Å². The van der Waals surface area contributed by atoms with Gasteiger partial charge >= 0.3 is 0 Å². The molecule has 4 rings (SSSR count). The average molecular weight is 373 g/mol. The normalized spacial score (nSPS) is 10.8. The first-order valence-electron chi connectivity index (χ1n) is 8.74. The second-order valence-electron chi connectivity index (χ2n) is 6.52. The Morgan fingerprint density at radius 2 is 1.82 bits per heavy atom. The molecule has 7 heteroatoms. The number of nitrogens with one attached hydrogen (secondary N) is 1. The van der Waals surface area contributed by atoms with E-state index in [9.17, 15) is 4.79 Å². The van der Waals surface area contributed by atoms with E-state index in [-0.39, 0.29) is 5.91 Å². The Labute approximate surface area is 162 Å². The van der Waals surface area contributed by atoms with E-state index in [4.69, 9.17) is 4.74 Å². The number of methoxy groups -OCH3 is 1. The van der Waals surface area contributed by atoms with Crippen LogP contribution in [0.2, 0.25) is 0 Å². The van der Waals surface area contributed by atoms with Crippen LogP contribution in [0.25, 0.3) is 33.4 Å². The lowest BCUT2D eigenvalue weighted by atomic mass is 10.0. The Bertz CT molecular complexity index is 1150. The molecule has 0 spiro atoms. The van der Waals surface area contributed by atoms with Crippen molar-refractivity contribution in [3.63, 3.8) is 0 Å². The molecule has 1 amide bonds. The summed E-state index contributed by atoms with van der Waals surface area (Å²) in [5, 5.41) is 8.29. The van der Waals surface area contributed by atoms with E-state index >= 15 is 0 Å². The predicted octanol–water partition coefficient (Wildman–Crippen LogP) is 3.40. The summed E-state index contributed by atoms with van der Waals surface area (Å²) in [6.45, 7) is 0. The van der Waals surface area contributed by atoms with E-state index in [1.807, 2.05) is 36.4 Å². The minimum Gasteiger partial charge on any atom is -0.496 e. The molecule has 0 bridgehead atoms. The first kappa shape index (κ1) is 17.7. The highest BCUT2D eigenvalue weighted by Crippen LogP contribution is 2.34. The summed E-state index contributed by atoms with van der Waals surface area (Å²) >= 11 is 0. The third-order valence-corrected chi connectivity index (χ3v) is 4.50. The highest BCUT2D eigenvalue weighted by Gasteiger charge is 2.15. The maximum absolute atomic E-state index is 12.0. The van der Waals surface area contributed by atoms with Gasteiger partial charge in [0, 0.05) is 48.6 Å². The maximum Gasteiger partial charge on any atom is 0.271 e. The van der Waals surface area contributed by atoms with Crippen LogP contribution in [-0.4, -0.2) is 52.2 Å². The summed E-state index contributed by atoms with van der Waals surface area (Å²) in [5.41, 5.74) is 4.52. The number of H-pyrrole nitrogens is 1. The molecule has 1 N–H and O–H groups in total. The van der Waals surface area contributed by atoms with Crippen LogP contribution in [0, 0.1) is 0 Å². The number of amides is 1. The molecule has 7 nitrogen and oxygen atoms in total. The Morgan fingerprint density at radius 3 is 2.54 bits per heavy atom. The lowest BCUT2D eigenvalue weighted by Gasteiger charge is -2.09. The molecule has 0 radical (unpaired) electrons. The molecule has 0 saturated carbocycles. The number of rotatable bonds is 4. The molecule has 0 aliphatic rings. The number of benzene rings is 1. The molecule has 3 aromatic heterocycles. The largest absolute Gasteiger partial charge is 0.496 e. The molecule has 0 fully saturated rings. The Balaban J connectivity index is 1.77.